The molecule has 1 heterocycles. The average molecular weight is 193 g/mol. The van der Waals surface area contributed by atoms with Crippen LogP contribution in [0.1, 0.15) is 5.56 Å². The quantitative estimate of drug-likeness (QED) is 0.506. The number of isothiocyanates is 1. The zero-order chi connectivity index (χ0) is 9.10. The monoisotopic (exact) mass is 193 g/mol. The summed E-state index contributed by atoms with van der Waals surface area (Å²) in [5, 5.41) is 2.33. The van der Waals surface area contributed by atoms with Crippen LogP contribution < -0.4 is 4.74 Å². The number of hydrogen-bond acceptors (Lipinski definition) is 4. The molecule has 0 unspecified atom stereocenters. The van der Waals surface area contributed by atoms with Crippen LogP contribution in [0.25, 0.3) is 0 Å². The van der Waals surface area contributed by atoms with E-state index in [1.807, 2.05) is 18.2 Å². The van der Waals surface area contributed by atoms with Crippen LogP contribution in [0.4, 0.5) is 5.69 Å². The summed E-state index contributed by atoms with van der Waals surface area (Å²) in [4.78, 5) is 3.92. The molecule has 0 aromatic heterocycles. The van der Waals surface area contributed by atoms with E-state index in [1.54, 1.807) is 0 Å². The number of fused-ring (bicyclic) bond motifs is 1. The predicted octanol–water partition coefficient (Wildman–Crippen LogP) is 2.29. The van der Waals surface area contributed by atoms with Crippen molar-refractivity contribution in [3.63, 3.8) is 0 Å². The first-order valence-corrected chi connectivity index (χ1v) is 4.23. The van der Waals surface area contributed by atoms with Crippen LogP contribution in [-0.4, -0.2) is 12.0 Å². The largest absolute Gasteiger partial charge is 0.467 e. The van der Waals surface area contributed by atoms with E-state index in [2.05, 4.69) is 22.4 Å². The Morgan fingerprint density at radius 1 is 1.46 bits per heavy atom. The fourth-order valence-corrected chi connectivity index (χ4v) is 1.34. The molecule has 1 aromatic carbocycles. The van der Waals surface area contributed by atoms with E-state index >= 15 is 0 Å². The number of benzene rings is 1. The molecule has 0 saturated heterocycles. The van der Waals surface area contributed by atoms with E-state index < -0.39 is 0 Å². The summed E-state index contributed by atoms with van der Waals surface area (Å²) in [5.41, 5.74) is 1.71. The van der Waals surface area contributed by atoms with Gasteiger partial charge in [-0.25, -0.2) is 0 Å². The molecule has 0 radical (unpaired) electrons. The second kappa shape index (κ2) is 3.66. The Kier molecular flexibility index (Phi) is 2.36. The summed E-state index contributed by atoms with van der Waals surface area (Å²) in [5.74, 6) is 0.817. The predicted molar refractivity (Wildman–Crippen MR) is 51.4 cm³/mol. The Bertz CT molecular complexity index is 372. The van der Waals surface area contributed by atoms with Gasteiger partial charge in [-0.15, -0.1) is 0 Å². The standard InChI is InChI=1S/C9H7NO2S/c13-5-10-8-2-1-3-9-7(8)4-11-6-12-9/h1-3H,4,6H2. The van der Waals surface area contributed by atoms with Gasteiger partial charge in [0.15, 0.2) is 6.79 Å². The van der Waals surface area contributed by atoms with Crippen molar-refractivity contribution in [3.8, 4) is 5.75 Å². The second-order valence-corrected chi connectivity index (χ2v) is 2.75. The van der Waals surface area contributed by atoms with Gasteiger partial charge in [-0.1, -0.05) is 6.07 Å². The van der Waals surface area contributed by atoms with Crippen molar-refractivity contribution in [2.24, 2.45) is 4.99 Å². The lowest BCUT2D eigenvalue weighted by molar-refractivity contribution is -0.0160. The summed E-state index contributed by atoms with van der Waals surface area (Å²) < 4.78 is 10.4. The van der Waals surface area contributed by atoms with E-state index in [9.17, 15) is 0 Å². The van der Waals surface area contributed by atoms with Crippen molar-refractivity contribution in [2.75, 3.05) is 6.79 Å². The third kappa shape index (κ3) is 1.60. The SMILES string of the molecule is S=C=Nc1cccc2c1COCO2. The number of aliphatic imine (C=N–C) groups is 1. The fraction of sp³-hybridized carbons (Fsp3) is 0.222. The van der Waals surface area contributed by atoms with Gasteiger partial charge in [0.1, 0.15) is 5.75 Å². The highest BCUT2D eigenvalue weighted by atomic mass is 32.1. The van der Waals surface area contributed by atoms with Crippen molar-refractivity contribution >= 4 is 23.1 Å². The first kappa shape index (κ1) is 8.38. The maximum atomic E-state index is 5.27. The highest BCUT2D eigenvalue weighted by Crippen LogP contribution is 2.31. The Labute approximate surface area is 81.0 Å². The molecule has 0 fully saturated rings. The summed E-state index contributed by atoms with van der Waals surface area (Å²) in [6.07, 6.45) is 0. The molecular weight excluding hydrogens is 186 g/mol. The molecule has 2 rings (SSSR count). The van der Waals surface area contributed by atoms with E-state index in [1.165, 1.54) is 0 Å². The third-order valence-corrected chi connectivity index (χ3v) is 1.91. The summed E-state index contributed by atoms with van der Waals surface area (Å²) in [6.45, 7) is 0.823. The minimum Gasteiger partial charge on any atom is -0.467 e. The first-order chi connectivity index (χ1) is 6.42. The van der Waals surface area contributed by atoms with Gasteiger partial charge < -0.3 is 9.47 Å². The molecule has 0 spiro atoms. The lowest BCUT2D eigenvalue weighted by Gasteiger charge is -2.18. The van der Waals surface area contributed by atoms with Gasteiger partial charge in [-0.05, 0) is 24.4 Å². The fourth-order valence-electron chi connectivity index (χ4n) is 1.24. The van der Waals surface area contributed by atoms with Crippen molar-refractivity contribution in [1.82, 2.24) is 0 Å². The molecule has 3 nitrogen and oxygen atoms in total. The van der Waals surface area contributed by atoms with Crippen LogP contribution in [0.5, 0.6) is 5.75 Å². The number of hydrogen-bond donors (Lipinski definition) is 0. The minimum atomic E-state index is 0.303. The van der Waals surface area contributed by atoms with Crippen LogP contribution in [-0.2, 0) is 11.3 Å². The van der Waals surface area contributed by atoms with Gasteiger partial charge in [0.05, 0.1) is 17.5 Å². The highest BCUT2D eigenvalue weighted by molar-refractivity contribution is 7.78. The topological polar surface area (TPSA) is 30.8 Å². The van der Waals surface area contributed by atoms with Crippen molar-refractivity contribution in [3.05, 3.63) is 23.8 Å². The van der Waals surface area contributed by atoms with Gasteiger partial charge in [0.25, 0.3) is 0 Å². The van der Waals surface area contributed by atoms with Crippen molar-refractivity contribution in [2.45, 2.75) is 6.61 Å². The minimum absolute atomic E-state index is 0.303. The number of rotatable bonds is 1. The molecule has 1 aromatic rings. The normalized spacial score (nSPS) is 13.8. The molecule has 0 N–H and O–H groups in total. The van der Waals surface area contributed by atoms with Crippen LogP contribution >= 0.6 is 12.2 Å². The van der Waals surface area contributed by atoms with Gasteiger partial charge in [-0.2, -0.15) is 4.99 Å². The molecular formula is C9H7NO2S. The molecule has 0 saturated carbocycles. The van der Waals surface area contributed by atoms with Crippen LogP contribution in [0.15, 0.2) is 23.2 Å². The van der Waals surface area contributed by atoms with Crippen molar-refractivity contribution < 1.29 is 9.47 Å². The average Bonchev–Trinajstić information content (AvgIpc) is 2.19. The van der Waals surface area contributed by atoms with Gasteiger partial charge in [-0.3, -0.25) is 0 Å². The van der Waals surface area contributed by atoms with Gasteiger partial charge in [0, 0.05) is 5.56 Å². The Balaban J connectivity index is 2.51. The van der Waals surface area contributed by atoms with E-state index in [0.29, 0.717) is 13.4 Å². The van der Waals surface area contributed by atoms with Crippen LogP contribution in [0.3, 0.4) is 0 Å². The maximum absolute atomic E-state index is 5.27. The smallest absolute Gasteiger partial charge is 0.189 e. The Morgan fingerprint density at radius 3 is 3.23 bits per heavy atom. The summed E-state index contributed by atoms with van der Waals surface area (Å²) in [7, 11) is 0. The Hall–Kier alpha value is -1.22. The molecule has 1 aliphatic heterocycles. The van der Waals surface area contributed by atoms with Gasteiger partial charge in [0.2, 0.25) is 0 Å². The molecule has 0 atom stereocenters. The number of ether oxygens (including phenoxy) is 2. The zero-order valence-electron chi connectivity index (χ0n) is 6.82. The molecule has 4 heteroatoms. The zero-order valence-corrected chi connectivity index (χ0v) is 7.63. The molecule has 66 valence electrons. The highest BCUT2D eigenvalue weighted by Gasteiger charge is 2.13. The molecule has 0 bridgehead atoms. The third-order valence-electron chi connectivity index (χ3n) is 1.82. The molecule has 1 aliphatic rings. The van der Waals surface area contributed by atoms with Crippen LogP contribution in [0, 0.1) is 0 Å². The number of nitrogens with zero attached hydrogens (tertiary/aromatic N) is 1. The number of thiocarbonyl (C=S) groups is 1. The first-order valence-electron chi connectivity index (χ1n) is 3.82. The van der Waals surface area contributed by atoms with Crippen LogP contribution in [0.2, 0.25) is 0 Å². The van der Waals surface area contributed by atoms with E-state index in [0.717, 1.165) is 17.0 Å². The Morgan fingerprint density at radius 2 is 2.38 bits per heavy atom. The molecule has 13 heavy (non-hydrogen) atoms. The lowest BCUT2D eigenvalue weighted by Crippen LogP contribution is -2.10. The van der Waals surface area contributed by atoms with E-state index in [-0.39, 0.29) is 0 Å². The summed E-state index contributed by atoms with van der Waals surface area (Å²) >= 11 is 4.54. The van der Waals surface area contributed by atoms with Crippen molar-refractivity contribution in [1.29, 1.82) is 0 Å². The van der Waals surface area contributed by atoms with Gasteiger partial charge >= 0.3 is 0 Å². The summed E-state index contributed by atoms with van der Waals surface area (Å²) in [6, 6.07) is 5.62. The molecule has 0 aliphatic carbocycles. The maximum Gasteiger partial charge on any atom is 0.189 e. The molecule has 0 amide bonds. The lowest BCUT2D eigenvalue weighted by atomic mass is 10.1. The second-order valence-electron chi connectivity index (χ2n) is 2.57. The van der Waals surface area contributed by atoms with E-state index in [4.69, 9.17) is 9.47 Å².